The van der Waals surface area contributed by atoms with Crippen molar-refractivity contribution in [3.63, 3.8) is 0 Å². The van der Waals surface area contributed by atoms with Gasteiger partial charge in [0.05, 0.1) is 12.2 Å². The zero-order chi connectivity index (χ0) is 12.3. The van der Waals surface area contributed by atoms with Gasteiger partial charge in [-0.05, 0) is 13.3 Å². The number of nitrogens with zero attached hydrogens (tertiary/aromatic N) is 3. The van der Waals surface area contributed by atoms with E-state index in [-0.39, 0.29) is 5.15 Å². The number of rotatable bonds is 2. The molecule has 0 saturated carbocycles. The lowest BCUT2D eigenvalue weighted by Gasteiger charge is -2.22. The standard InChI is InChI=1S/C11H14ClN3O2/c1-8-13-10(12)9(7-16)11(14-8)15-3-2-5-17-6-4-15/h7H,2-6H2,1H3. The highest BCUT2D eigenvalue weighted by Crippen LogP contribution is 2.23. The molecule has 0 aromatic carbocycles. The molecule has 0 unspecified atom stereocenters. The fourth-order valence-corrected chi connectivity index (χ4v) is 2.08. The van der Waals surface area contributed by atoms with E-state index in [4.69, 9.17) is 16.3 Å². The molecule has 1 saturated heterocycles. The van der Waals surface area contributed by atoms with Gasteiger partial charge in [-0.1, -0.05) is 11.6 Å². The number of carbonyl (C=O) groups excluding carboxylic acids is 1. The first-order valence-corrected chi connectivity index (χ1v) is 5.92. The first-order valence-electron chi connectivity index (χ1n) is 5.54. The van der Waals surface area contributed by atoms with E-state index >= 15 is 0 Å². The summed E-state index contributed by atoms with van der Waals surface area (Å²) >= 11 is 5.95. The highest BCUT2D eigenvalue weighted by molar-refractivity contribution is 6.32. The van der Waals surface area contributed by atoms with Crippen LogP contribution in [0.3, 0.4) is 0 Å². The van der Waals surface area contributed by atoms with Crippen molar-refractivity contribution < 1.29 is 9.53 Å². The molecule has 1 aromatic heterocycles. The summed E-state index contributed by atoms with van der Waals surface area (Å²) in [4.78, 5) is 21.4. The second-order valence-electron chi connectivity index (χ2n) is 3.87. The number of anilines is 1. The van der Waals surface area contributed by atoms with E-state index in [0.717, 1.165) is 19.6 Å². The van der Waals surface area contributed by atoms with E-state index in [1.165, 1.54) is 0 Å². The summed E-state index contributed by atoms with van der Waals surface area (Å²) in [7, 11) is 0. The van der Waals surface area contributed by atoms with Gasteiger partial charge in [-0.25, -0.2) is 9.97 Å². The van der Waals surface area contributed by atoms with E-state index in [1.54, 1.807) is 6.92 Å². The second kappa shape index (κ2) is 5.42. The molecule has 0 aliphatic carbocycles. The number of halogens is 1. The predicted molar refractivity (Wildman–Crippen MR) is 64.8 cm³/mol. The summed E-state index contributed by atoms with van der Waals surface area (Å²) in [6.07, 6.45) is 1.63. The Labute approximate surface area is 105 Å². The van der Waals surface area contributed by atoms with Gasteiger partial charge < -0.3 is 9.64 Å². The Morgan fingerprint density at radius 2 is 2.18 bits per heavy atom. The Balaban J connectivity index is 2.38. The van der Waals surface area contributed by atoms with Gasteiger partial charge in [-0.3, -0.25) is 4.79 Å². The molecular weight excluding hydrogens is 242 g/mol. The molecule has 2 rings (SSSR count). The van der Waals surface area contributed by atoms with E-state index in [1.807, 2.05) is 4.90 Å². The fraction of sp³-hybridized carbons (Fsp3) is 0.545. The summed E-state index contributed by atoms with van der Waals surface area (Å²) in [6, 6.07) is 0. The van der Waals surface area contributed by atoms with Crippen molar-refractivity contribution in [1.29, 1.82) is 0 Å². The number of carbonyl (C=O) groups is 1. The summed E-state index contributed by atoms with van der Waals surface area (Å²) in [6.45, 7) is 4.67. The van der Waals surface area contributed by atoms with Crippen molar-refractivity contribution in [2.24, 2.45) is 0 Å². The van der Waals surface area contributed by atoms with Crippen LogP contribution < -0.4 is 4.90 Å². The molecule has 2 heterocycles. The molecule has 1 aliphatic rings. The van der Waals surface area contributed by atoms with Crippen LogP contribution in [0.4, 0.5) is 5.82 Å². The van der Waals surface area contributed by atoms with Crippen LogP contribution in [0.2, 0.25) is 5.15 Å². The number of aromatic nitrogens is 2. The minimum absolute atomic E-state index is 0.215. The number of ether oxygens (including phenoxy) is 1. The third-order valence-electron chi connectivity index (χ3n) is 2.63. The average Bonchev–Trinajstić information content (AvgIpc) is 2.56. The Morgan fingerprint density at radius 1 is 1.35 bits per heavy atom. The molecule has 1 aliphatic heterocycles. The lowest BCUT2D eigenvalue weighted by Crippen LogP contribution is -2.28. The molecule has 5 nitrogen and oxygen atoms in total. The molecule has 1 aromatic rings. The highest BCUT2D eigenvalue weighted by Gasteiger charge is 2.18. The molecule has 1 fully saturated rings. The quantitative estimate of drug-likeness (QED) is 0.592. The van der Waals surface area contributed by atoms with Gasteiger partial charge in [0.15, 0.2) is 6.29 Å². The second-order valence-corrected chi connectivity index (χ2v) is 4.23. The lowest BCUT2D eigenvalue weighted by molar-refractivity contribution is 0.112. The molecule has 0 bridgehead atoms. The van der Waals surface area contributed by atoms with Crippen LogP contribution in [-0.2, 0) is 4.74 Å². The maximum Gasteiger partial charge on any atom is 0.156 e. The third kappa shape index (κ3) is 2.73. The zero-order valence-corrected chi connectivity index (χ0v) is 10.4. The van der Waals surface area contributed by atoms with Crippen molar-refractivity contribution in [2.45, 2.75) is 13.3 Å². The maximum absolute atomic E-state index is 11.1. The molecule has 17 heavy (non-hydrogen) atoms. The maximum atomic E-state index is 11.1. The van der Waals surface area contributed by atoms with Crippen LogP contribution in [0.25, 0.3) is 0 Å². The number of hydrogen-bond donors (Lipinski definition) is 0. The van der Waals surface area contributed by atoms with Crippen molar-refractivity contribution in [2.75, 3.05) is 31.2 Å². The Morgan fingerprint density at radius 3 is 2.94 bits per heavy atom. The molecule has 6 heteroatoms. The van der Waals surface area contributed by atoms with Gasteiger partial charge >= 0.3 is 0 Å². The van der Waals surface area contributed by atoms with E-state index in [0.29, 0.717) is 36.6 Å². The van der Waals surface area contributed by atoms with Crippen molar-refractivity contribution >= 4 is 23.7 Å². The first-order chi connectivity index (χ1) is 8.22. The predicted octanol–water partition coefficient (Wildman–Crippen LogP) is 1.48. The smallest absolute Gasteiger partial charge is 0.156 e. The highest BCUT2D eigenvalue weighted by atomic mass is 35.5. The van der Waals surface area contributed by atoms with Gasteiger partial charge in [0.25, 0.3) is 0 Å². The van der Waals surface area contributed by atoms with Crippen molar-refractivity contribution in [3.05, 3.63) is 16.5 Å². The van der Waals surface area contributed by atoms with Crippen LogP contribution in [0.5, 0.6) is 0 Å². The normalized spacial score (nSPS) is 16.7. The average molecular weight is 256 g/mol. The van der Waals surface area contributed by atoms with Gasteiger partial charge in [0.2, 0.25) is 0 Å². The van der Waals surface area contributed by atoms with Crippen LogP contribution in [0, 0.1) is 6.92 Å². The Kier molecular flexibility index (Phi) is 3.91. The third-order valence-corrected chi connectivity index (χ3v) is 2.92. The molecular formula is C11H14ClN3O2. The van der Waals surface area contributed by atoms with Gasteiger partial charge in [-0.15, -0.1) is 0 Å². The van der Waals surface area contributed by atoms with E-state index in [2.05, 4.69) is 9.97 Å². The number of aryl methyl sites for hydroxylation is 1. The minimum Gasteiger partial charge on any atom is -0.380 e. The topological polar surface area (TPSA) is 55.3 Å². The van der Waals surface area contributed by atoms with E-state index in [9.17, 15) is 4.79 Å². The van der Waals surface area contributed by atoms with Crippen molar-refractivity contribution in [3.8, 4) is 0 Å². The molecule has 0 atom stereocenters. The van der Waals surface area contributed by atoms with E-state index < -0.39 is 0 Å². The molecule has 92 valence electrons. The number of hydrogen-bond acceptors (Lipinski definition) is 5. The van der Waals surface area contributed by atoms with Crippen LogP contribution >= 0.6 is 11.6 Å². The van der Waals surface area contributed by atoms with Gasteiger partial charge in [-0.2, -0.15) is 0 Å². The van der Waals surface area contributed by atoms with Crippen LogP contribution in [-0.4, -0.2) is 42.6 Å². The number of aldehydes is 1. The van der Waals surface area contributed by atoms with Crippen LogP contribution in [0.1, 0.15) is 22.6 Å². The molecule has 0 spiro atoms. The fourth-order valence-electron chi connectivity index (χ4n) is 1.83. The SMILES string of the molecule is Cc1nc(Cl)c(C=O)c(N2CCCOCC2)n1. The summed E-state index contributed by atoms with van der Waals surface area (Å²) < 4.78 is 5.37. The first kappa shape index (κ1) is 12.3. The summed E-state index contributed by atoms with van der Waals surface area (Å²) in [5.41, 5.74) is 0.360. The lowest BCUT2D eigenvalue weighted by atomic mass is 10.3. The largest absolute Gasteiger partial charge is 0.380 e. The molecule has 0 amide bonds. The Hall–Kier alpha value is -1.20. The van der Waals surface area contributed by atoms with Crippen LogP contribution in [0.15, 0.2) is 0 Å². The monoisotopic (exact) mass is 255 g/mol. The van der Waals surface area contributed by atoms with Crippen molar-refractivity contribution in [1.82, 2.24) is 9.97 Å². The molecule has 0 radical (unpaired) electrons. The minimum atomic E-state index is 0.215. The van der Waals surface area contributed by atoms with Gasteiger partial charge in [0, 0.05) is 19.7 Å². The summed E-state index contributed by atoms with van der Waals surface area (Å²) in [5, 5.41) is 0.215. The zero-order valence-electron chi connectivity index (χ0n) is 9.65. The summed E-state index contributed by atoms with van der Waals surface area (Å²) in [5.74, 6) is 1.18. The Bertz CT molecular complexity index is 417. The molecule has 0 N–H and O–H groups in total. The van der Waals surface area contributed by atoms with Gasteiger partial charge in [0.1, 0.15) is 16.8 Å².